The van der Waals surface area contributed by atoms with E-state index in [2.05, 4.69) is 29.6 Å². The van der Waals surface area contributed by atoms with E-state index in [0.29, 0.717) is 119 Å². The topological polar surface area (TPSA) is 165 Å². The molecule has 16 heteroatoms. The summed E-state index contributed by atoms with van der Waals surface area (Å²) in [6.07, 6.45) is -0.460. The number of ether oxygens (including phenoxy) is 10. The second kappa shape index (κ2) is 28.8. The Morgan fingerprint density at radius 2 is 0.862 bits per heavy atom. The molecule has 322 valence electrons. The Bertz CT molecular complexity index is 1610. The standard InChI is InChI=1S/C42H59NO14S/c1-35-10-12-36(13-11-35)58(45,46)57-33-32-55-31-30-54-29-28-53-27-26-52-25-24-51-23-22-50-21-20-49-19-18-48-17-16-47-15-14-43-42(44)56-34-41-39-8-4-2-6-37(39)38-7-3-5-9-40(38)41/h2-13,41H,14-34H2,1H3,(H,43,44). The molecule has 0 saturated carbocycles. The van der Waals surface area contributed by atoms with E-state index >= 15 is 0 Å². The molecule has 0 bridgehead atoms. The van der Waals surface area contributed by atoms with Crippen LogP contribution in [0.1, 0.15) is 22.6 Å². The van der Waals surface area contributed by atoms with Crippen molar-refractivity contribution in [1.82, 2.24) is 5.32 Å². The van der Waals surface area contributed by atoms with Crippen molar-refractivity contribution < 1.29 is 64.8 Å². The Balaban J connectivity index is 0.795. The third-order valence-corrected chi connectivity index (χ3v) is 9.94. The largest absolute Gasteiger partial charge is 0.449 e. The Hall–Kier alpha value is -3.52. The number of amides is 1. The normalized spacial score (nSPS) is 12.4. The zero-order chi connectivity index (χ0) is 40.9. The highest BCUT2D eigenvalue weighted by molar-refractivity contribution is 7.86. The minimum Gasteiger partial charge on any atom is -0.449 e. The molecule has 0 fully saturated rings. The van der Waals surface area contributed by atoms with Gasteiger partial charge in [-0.2, -0.15) is 8.42 Å². The number of rotatable bonds is 34. The van der Waals surface area contributed by atoms with E-state index < -0.39 is 16.2 Å². The van der Waals surface area contributed by atoms with Gasteiger partial charge in [-0.25, -0.2) is 4.79 Å². The summed E-state index contributed by atoms with van der Waals surface area (Å²) in [6.45, 7) is 9.87. The molecular weight excluding hydrogens is 775 g/mol. The molecule has 0 unspecified atom stereocenters. The molecule has 15 nitrogen and oxygen atoms in total. The molecule has 0 radical (unpaired) electrons. The monoisotopic (exact) mass is 833 g/mol. The molecular formula is C42H59NO14S. The van der Waals surface area contributed by atoms with Crippen molar-refractivity contribution in [3.8, 4) is 11.1 Å². The molecule has 0 aliphatic heterocycles. The Kier molecular flexibility index (Phi) is 23.4. The smallest absolute Gasteiger partial charge is 0.407 e. The third-order valence-electron chi connectivity index (χ3n) is 8.61. The molecule has 0 aromatic heterocycles. The summed E-state index contributed by atoms with van der Waals surface area (Å²) in [5.41, 5.74) is 5.72. The number of aryl methyl sites for hydroxylation is 1. The van der Waals surface area contributed by atoms with Gasteiger partial charge in [-0.3, -0.25) is 4.18 Å². The highest BCUT2D eigenvalue weighted by atomic mass is 32.2. The summed E-state index contributed by atoms with van der Waals surface area (Å²) in [6, 6.07) is 23.0. The van der Waals surface area contributed by atoms with Crippen LogP contribution in [0.4, 0.5) is 4.79 Å². The Morgan fingerprint density at radius 3 is 1.28 bits per heavy atom. The van der Waals surface area contributed by atoms with Crippen LogP contribution in [-0.2, 0) is 61.7 Å². The summed E-state index contributed by atoms with van der Waals surface area (Å²) in [5.74, 6) is 0.0291. The summed E-state index contributed by atoms with van der Waals surface area (Å²) in [4.78, 5) is 12.4. The molecule has 1 amide bonds. The molecule has 1 N–H and O–H groups in total. The van der Waals surface area contributed by atoms with Gasteiger partial charge in [0.25, 0.3) is 10.1 Å². The minimum absolute atomic E-state index is 0.0291. The fourth-order valence-corrected chi connectivity index (χ4v) is 6.60. The number of carbonyl (C=O) groups is 1. The van der Waals surface area contributed by atoms with Crippen LogP contribution in [0.25, 0.3) is 11.1 Å². The maximum absolute atomic E-state index is 12.3. The number of fused-ring (bicyclic) bond motifs is 3. The van der Waals surface area contributed by atoms with Crippen LogP contribution in [-0.4, -0.2) is 153 Å². The maximum Gasteiger partial charge on any atom is 0.407 e. The average Bonchev–Trinajstić information content (AvgIpc) is 3.55. The fraction of sp³-hybridized carbons (Fsp3) is 0.548. The van der Waals surface area contributed by atoms with E-state index in [1.807, 2.05) is 31.2 Å². The first-order valence-electron chi connectivity index (χ1n) is 19.7. The van der Waals surface area contributed by atoms with Gasteiger partial charge in [-0.1, -0.05) is 66.2 Å². The molecule has 0 saturated heterocycles. The van der Waals surface area contributed by atoms with E-state index in [4.69, 9.17) is 51.6 Å². The quantitative estimate of drug-likeness (QED) is 0.0666. The average molecular weight is 834 g/mol. The highest BCUT2D eigenvalue weighted by Gasteiger charge is 2.29. The van der Waals surface area contributed by atoms with Crippen LogP contribution in [0.2, 0.25) is 0 Å². The van der Waals surface area contributed by atoms with Crippen LogP contribution >= 0.6 is 0 Å². The van der Waals surface area contributed by atoms with Crippen molar-refractivity contribution >= 4 is 16.2 Å². The van der Waals surface area contributed by atoms with E-state index in [1.54, 1.807) is 12.1 Å². The molecule has 3 aromatic rings. The van der Waals surface area contributed by atoms with Gasteiger partial charge in [0.2, 0.25) is 0 Å². The van der Waals surface area contributed by atoms with E-state index in [-0.39, 0.29) is 30.6 Å². The van der Waals surface area contributed by atoms with E-state index in [1.165, 1.54) is 34.4 Å². The number of nitrogens with one attached hydrogen (secondary N) is 1. The lowest BCUT2D eigenvalue weighted by atomic mass is 9.98. The fourth-order valence-electron chi connectivity index (χ4n) is 5.71. The predicted octanol–water partition coefficient (Wildman–Crippen LogP) is 4.39. The summed E-state index contributed by atoms with van der Waals surface area (Å²) in [7, 11) is -3.78. The van der Waals surface area contributed by atoms with Gasteiger partial charge < -0.3 is 52.7 Å². The van der Waals surface area contributed by atoms with Crippen molar-refractivity contribution in [1.29, 1.82) is 0 Å². The lowest BCUT2D eigenvalue weighted by Gasteiger charge is -2.14. The zero-order valence-electron chi connectivity index (χ0n) is 33.5. The second-order valence-electron chi connectivity index (χ2n) is 12.9. The van der Waals surface area contributed by atoms with Crippen LogP contribution in [0, 0.1) is 6.92 Å². The number of hydrogen-bond donors (Lipinski definition) is 1. The van der Waals surface area contributed by atoms with Crippen LogP contribution in [0.15, 0.2) is 77.7 Å². The number of hydrogen-bond acceptors (Lipinski definition) is 14. The Labute approximate surface area is 342 Å². The second-order valence-corrected chi connectivity index (χ2v) is 14.5. The first-order chi connectivity index (χ1) is 28.5. The highest BCUT2D eigenvalue weighted by Crippen LogP contribution is 2.44. The van der Waals surface area contributed by atoms with Crippen LogP contribution < -0.4 is 5.32 Å². The Morgan fingerprint density at radius 1 is 0.500 bits per heavy atom. The minimum atomic E-state index is -3.78. The molecule has 1 aliphatic carbocycles. The lowest BCUT2D eigenvalue weighted by Crippen LogP contribution is -2.29. The molecule has 0 spiro atoms. The first kappa shape index (κ1) is 47.2. The first-order valence-corrected chi connectivity index (χ1v) is 21.1. The van der Waals surface area contributed by atoms with Crippen molar-refractivity contribution in [3.05, 3.63) is 89.5 Å². The van der Waals surface area contributed by atoms with Crippen LogP contribution in [0.5, 0.6) is 0 Å². The number of alkyl carbamates (subject to hydrolysis) is 1. The van der Waals surface area contributed by atoms with Crippen molar-refractivity contribution in [2.24, 2.45) is 0 Å². The van der Waals surface area contributed by atoms with Gasteiger partial charge >= 0.3 is 6.09 Å². The summed E-state index contributed by atoms with van der Waals surface area (Å²) < 4.78 is 84.0. The van der Waals surface area contributed by atoms with E-state index in [9.17, 15) is 13.2 Å². The molecule has 4 rings (SSSR count). The molecule has 58 heavy (non-hydrogen) atoms. The lowest BCUT2D eigenvalue weighted by molar-refractivity contribution is -0.0253. The summed E-state index contributed by atoms with van der Waals surface area (Å²) in [5, 5.41) is 2.74. The van der Waals surface area contributed by atoms with Gasteiger partial charge in [0.05, 0.1) is 130 Å². The number of benzene rings is 3. The third kappa shape index (κ3) is 18.6. The van der Waals surface area contributed by atoms with Gasteiger partial charge in [-0.15, -0.1) is 0 Å². The summed E-state index contributed by atoms with van der Waals surface area (Å²) >= 11 is 0. The van der Waals surface area contributed by atoms with E-state index in [0.717, 1.165) is 5.56 Å². The van der Waals surface area contributed by atoms with Crippen LogP contribution in [0.3, 0.4) is 0 Å². The molecule has 0 heterocycles. The van der Waals surface area contributed by atoms with Gasteiger partial charge in [0, 0.05) is 12.5 Å². The number of carbonyl (C=O) groups excluding carboxylic acids is 1. The van der Waals surface area contributed by atoms with Gasteiger partial charge in [-0.05, 0) is 41.3 Å². The van der Waals surface area contributed by atoms with Crippen molar-refractivity contribution in [3.63, 3.8) is 0 Å². The molecule has 1 aliphatic rings. The van der Waals surface area contributed by atoms with Gasteiger partial charge in [0.1, 0.15) is 6.61 Å². The maximum atomic E-state index is 12.3. The SMILES string of the molecule is Cc1ccc(S(=O)(=O)OCCOCCOCCOCCOCCOCCOCCOCCOCCOCCNC(=O)OCC2c3ccccc3-c3ccccc32)cc1. The molecule has 0 atom stereocenters. The molecule has 3 aromatic carbocycles. The van der Waals surface area contributed by atoms with Gasteiger partial charge in [0.15, 0.2) is 0 Å². The zero-order valence-corrected chi connectivity index (χ0v) is 34.3. The predicted molar refractivity (Wildman–Crippen MR) is 215 cm³/mol. The van der Waals surface area contributed by atoms with Crippen molar-refractivity contribution in [2.75, 3.05) is 139 Å². The van der Waals surface area contributed by atoms with Crippen molar-refractivity contribution in [2.45, 2.75) is 17.7 Å².